The van der Waals surface area contributed by atoms with Gasteiger partial charge >= 0.3 is 6.03 Å². The van der Waals surface area contributed by atoms with Crippen LogP contribution in [0.5, 0.6) is 0 Å². The molecule has 0 fully saturated rings. The molecule has 0 aliphatic heterocycles. The van der Waals surface area contributed by atoms with Crippen molar-refractivity contribution in [2.45, 2.75) is 19.6 Å². The molecule has 2 aromatic heterocycles. The van der Waals surface area contributed by atoms with E-state index in [2.05, 4.69) is 27.6 Å². The van der Waals surface area contributed by atoms with E-state index in [4.69, 9.17) is 0 Å². The fourth-order valence-corrected chi connectivity index (χ4v) is 2.44. The first kappa shape index (κ1) is 16.8. The van der Waals surface area contributed by atoms with Crippen LogP contribution in [-0.4, -0.2) is 44.1 Å². The maximum absolute atomic E-state index is 12.1. The van der Waals surface area contributed by atoms with Crippen molar-refractivity contribution < 1.29 is 4.79 Å². The van der Waals surface area contributed by atoms with Gasteiger partial charge in [0.1, 0.15) is 0 Å². The first-order valence-corrected chi connectivity index (χ1v) is 8.22. The Balaban J connectivity index is 1.43. The molecule has 2 heterocycles. The molecule has 0 aliphatic rings. The Hall–Kier alpha value is -3.09. The quantitative estimate of drug-likeness (QED) is 0.716. The molecule has 0 saturated carbocycles. The van der Waals surface area contributed by atoms with E-state index in [-0.39, 0.29) is 6.03 Å². The van der Waals surface area contributed by atoms with Gasteiger partial charge in [0.15, 0.2) is 0 Å². The second-order valence-corrected chi connectivity index (χ2v) is 5.87. The molecule has 3 aromatic rings. The molecule has 7 nitrogen and oxygen atoms in total. The molecule has 7 heteroatoms. The molecule has 0 atom stereocenters. The van der Waals surface area contributed by atoms with Crippen LogP contribution in [0.25, 0.3) is 0 Å². The number of urea groups is 1. The maximum Gasteiger partial charge on any atom is 0.317 e. The lowest BCUT2D eigenvalue weighted by Gasteiger charge is -2.18. The minimum Gasteiger partial charge on any atom is -0.334 e. The zero-order chi connectivity index (χ0) is 17.5. The van der Waals surface area contributed by atoms with Crippen molar-refractivity contribution in [2.24, 2.45) is 0 Å². The van der Waals surface area contributed by atoms with Gasteiger partial charge in [-0.3, -0.25) is 9.36 Å². The summed E-state index contributed by atoms with van der Waals surface area (Å²) < 4.78 is 3.69. The van der Waals surface area contributed by atoms with E-state index in [1.54, 1.807) is 24.3 Å². The monoisotopic (exact) mass is 338 g/mol. The van der Waals surface area contributed by atoms with Crippen LogP contribution in [0.1, 0.15) is 11.1 Å². The van der Waals surface area contributed by atoms with Gasteiger partial charge in [-0.05, 0) is 23.3 Å². The fourth-order valence-electron chi connectivity index (χ4n) is 2.44. The number of benzene rings is 1. The van der Waals surface area contributed by atoms with Gasteiger partial charge in [0, 0.05) is 44.9 Å². The zero-order valence-electron chi connectivity index (χ0n) is 14.2. The number of hydrogen-bond acceptors (Lipinski definition) is 3. The van der Waals surface area contributed by atoms with Crippen LogP contribution in [-0.2, 0) is 19.6 Å². The lowest BCUT2D eigenvalue weighted by Crippen LogP contribution is -2.38. The standard InChI is InChI=1S/C18H22N6O/c1-22(12-13-23-10-2-8-20-23)18(25)19-14-16-4-6-17(7-5-16)15-24-11-3-9-21-24/h2-11H,12-15H2,1H3,(H,19,25). The Kier molecular flexibility index (Phi) is 5.46. The number of nitrogens with zero attached hydrogens (tertiary/aromatic N) is 5. The third kappa shape index (κ3) is 4.94. The summed E-state index contributed by atoms with van der Waals surface area (Å²) in [5.41, 5.74) is 2.24. The van der Waals surface area contributed by atoms with Crippen molar-refractivity contribution in [1.82, 2.24) is 29.8 Å². The number of aromatic nitrogens is 4. The van der Waals surface area contributed by atoms with Crippen molar-refractivity contribution in [3.63, 3.8) is 0 Å². The van der Waals surface area contributed by atoms with E-state index < -0.39 is 0 Å². The smallest absolute Gasteiger partial charge is 0.317 e. The summed E-state index contributed by atoms with van der Waals surface area (Å²) in [4.78, 5) is 13.8. The summed E-state index contributed by atoms with van der Waals surface area (Å²) in [7, 11) is 1.78. The number of nitrogens with one attached hydrogen (secondary N) is 1. The van der Waals surface area contributed by atoms with Crippen LogP contribution >= 0.6 is 0 Å². The predicted molar refractivity (Wildman–Crippen MR) is 94.9 cm³/mol. The van der Waals surface area contributed by atoms with E-state index in [1.807, 2.05) is 46.0 Å². The van der Waals surface area contributed by atoms with E-state index in [1.165, 1.54) is 5.56 Å². The lowest BCUT2D eigenvalue weighted by atomic mass is 10.1. The molecule has 2 amide bonds. The van der Waals surface area contributed by atoms with Crippen LogP contribution in [0.15, 0.2) is 61.2 Å². The molecule has 130 valence electrons. The Labute approximate surface area is 146 Å². The summed E-state index contributed by atoms with van der Waals surface area (Å²) in [6.07, 6.45) is 7.33. The van der Waals surface area contributed by atoms with Crippen LogP contribution in [0.3, 0.4) is 0 Å². The molecule has 0 bridgehead atoms. The third-order valence-electron chi connectivity index (χ3n) is 3.94. The molecule has 0 unspecified atom stereocenters. The Morgan fingerprint density at radius 3 is 2.32 bits per heavy atom. The summed E-state index contributed by atoms with van der Waals surface area (Å²) in [6.45, 7) is 2.54. The fraction of sp³-hybridized carbons (Fsp3) is 0.278. The maximum atomic E-state index is 12.1. The number of likely N-dealkylation sites (N-methyl/N-ethyl adjacent to an activating group) is 1. The van der Waals surface area contributed by atoms with Crippen LogP contribution in [0, 0.1) is 0 Å². The molecule has 25 heavy (non-hydrogen) atoms. The Morgan fingerprint density at radius 1 is 1.04 bits per heavy atom. The number of amides is 2. The van der Waals surface area contributed by atoms with Crippen molar-refractivity contribution in [1.29, 1.82) is 0 Å². The number of carbonyl (C=O) groups excluding carboxylic acids is 1. The van der Waals surface area contributed by atoms with Crippen LogP contribution in [0.4, 0.5) is 4.79 Å². The molecule has 3 rings (SSSR count). The van der Waals surface area contributed by atoms with Gasteiger partial charge in [0.25, 0.3) is 0 Å². The first-order chi connectivity index (χ1) is 12.2. The van der Waals surface area contributed by atoms with Gasteiger partial charge in [-0.25, -0.2) is 4.79 Å². The van der Waals surface area contributed by atoms with E-state index in [0.717, 1.165) is 12.1 Å². The molecular formula is C18H22N6O. The van der Waals surface area contributed by atoms with Gasteiger partial charge in [-0.2, -0.15) is 10.2 Å². The van der Waals surface area contributed by atoms with Crippen molar-refractivity contribution in [3.8, 4) is 0 Å². The average Bonchev–Trinajstić information content (AvgIpc) is 3.32. The molecular weight excluding hydrogens is 316 g/mol. The Bertz CT molecular complexity index is 765. The van der Waals surface area contributed by atoms with Crippen molar-refractivity contribution in [3.05, 3.63) is 72.3 Å². The van der Waals surface area contributed by atoms with Crippen LogP contribution < -0.4 is 5.32 Å². The number of carbonyl (C=O) groups is 1. The minimum absolute atomic E-state index is 0.0900. The SMILES string of the molecule is CN(CCn1cccn1)C(=O)NCc1ccc(Cn2cccn2)cc1. The molecule has 1 aromatic carbocycles. The third-order valence-corrected chi connectivity index (χ3v) is 3.94. The highest BCUT2D eigenvalue weighted by molar-refractivity contribution is 5.73. The highest BCUT2D eigenvalue weighted by atomic mass is 16.2. The van der Waals surface area contributed by atoms with Crippen molar-refractivity contribution >= 4 is 6.03 Å². The van der Waals surface area contributed by atoms with Gasteiger partial charge < -0.3 is 10.2 Å². The lowest BCUT2D eigenvalue weighted by molar-refractivity contribution is 0.206. The van der Waals surface area contributed by atoms with Gasteiger partial charge in [-0.1, -0.05) is 24.3 Å². The van der Waals surface area contributed by atoms with E-state index >= 15 is 0 Å². The Morgan fingerprint density at radius 2 is 1.68 bits per heavy atom. The van der Waals surface area contributed by atoms with E-state index in [9.17, 15) is 4.79 Å². The largest absolute Gasteiger partial charge is 0.334 e. The molecule has 1 N–H and O–H groups in total. The average molecular weight is 338 g/mol. The van der Waals surface area contributed by atoms with Gasteiger partial charge in [0.2, 0.25) is 0 Å². The van der Waals surface area contributed by atoms with Crippen LogP contribution in [0.2, 0.25) is 0 Å². The number of hydrogen-bond donors (Lipinski definition) is 1. The molecule has 0 spiro atoms. The van der Waals surface area contributed by atoms with Crippen molar-refractivity contribution in [2.75, 3.05) is 13.6 Å². The predicted octanol–water partition coefficient (Wildman–Crippen LogP) is 1.97. The topological polar surface area (TPSA) is 68.0 Å². The normalized spacial score (nSPS) is 10.6. The second kappa shape index (κ2) is 8.14. The zero-order valence-corrected chi connectivity index (χ0v) is 14.2. The van der Waals surface area contributed by atoms with Gasteiger partial charge in [-0.15, -0.1) is 0 Å². The summed E-state index contributed by atoms with van der Waals surface area (Å²) >= 11 is 0. The minimum atomic E-state index is -0.0900. The summed E-state index contributed by atoms with van der Waals surface area (Å²) in [6, 6.07) is 11.9. The van der Waals surface area contributed by atoms with E-state index in [0.29, 0.717) is 19.6 Å². The highest BCUT2D eigenvalue weighted by Crippen LogP contribution is 2.06. The second-order valence-electron chi connectivity index (χ2n) is 5.87. The molecule has 0 radical (unpaired) electrons. The number of rotatable bonds is 7. The first-order valence-electron chi connectivity index (χ1n) is 8.22. The summed E-state index contributed by atoms with van der Waals surface area (Å²) in [5, 5.41) is 11.3. The summed E-state index contributed by atoms with van der Waals surface area (Å²) in [5.74, 6) is 0. The molecule has 0 saturated heterocycles. The molecule has 0 aliphatic carbocycles. The highest BCUT2D eigenvalue weighted by Gasteiger charge is 2.08. The van der Waals surface area contributed by atoms with Gasteiger partial charge in [0.05, 0.1) is 13.1 Å².